The van der Waals surface area contributed by atoms with Crippen molar-refractivity contribution in [1.82, 2.24) is 10.6 Å². The average molecular weight is 280 g/mol. The van der Waals surface area contributed by atoms with Gasteiger partial charge in [0.05, 0.1) is 5.56 Å². The molecule has 0 saturated heterocycles. The van der Waals surface area contributed by atoms with Gasteiger partial charge in [0.2, 0.25) is 0 Å². The van der Waals surface area contributed by atoms with E-state index in [9.17, 15) is 14.0 Å². The maximum atomic E-state index is 13.0. The van der Waals surface area contributed by atoms with Crippen molar-refractivity contribution in [2.45, 2.75) is 38.0 Å². The lowest BCUT2D eigenvalue weighted by atomic mass is 10.1. The third-order valence-electron chi connectivity index (χ3n) is 3.36. The molecule has 1 aliphatic rings. The van der Waals surface area contributed by atoms with Gasteiger partial charge in [0, 0.05) is 12.6 Å². The quantitative estimate of drug-likeness (QED) is 0.790. The maximum absolute atomic E-state index is 13.0. The van der Waals surface area contributed by atoms with Gasteiger partial charge in [-0.3, -0.25) is 0 Å². The van der Waals surface area contributed by atoms with Gasteiger partial charge >= 0.3 is 12.0 Å². The second-order valence-corrected chi connectivity index (χ2v) is 4.94. The first-order chi connectivity index (χ1) is 9.54. The standard InChI is InChI=1S/C14H17FN2O3/c15-11-5-6-12(7-11)17-14(20)16-8-9-1-3-10(4-2-9)13(18)19/h1-4,11-12H,5-8H2,(H,18,19)(H2,16,17,20). The van der Waals surface area contributed by atoms with Crippen molar-refractivity contribution in [2.75, 3.05) is 0 Å². The second-order valence-electron chi connectivity index (χ2n) is 4.94. The van der Waals surface area contributed by atoms with Crippen LogP contribution in [0.5, 0.6) is 0 Å². The minimum Gasteiger partial charge on any atom is -0.478 e. The fraction of sp³-hybridized carbons (Fsp3) is 0.429. The first-order valence-electron chi connectivity index (χ1n) is 6.55. The van der Waals surface area contributed by atoms with E-state index in [1.54, 1.807) is 12.1 Å². The summed E-state index contributed by atoms with van der Waals surface area (Å²) >= 11 is 0. The van der Waals surface area contributed by atoms with E-state index in [0.29, 0.717) is 25.8 Å². The van der Waals surface area contributed by atoms with Gasteiger partial charge < -0.3 is 15.7 Å². The van der Waals surface area contributed by atoms with Gasteiger partial charge in [-0.05, 0) is 37.0 Å². The van der Waals surface area contributed by atoms with E-state index >= 15 is 0 Å². The molecule has 108 valence electrons. The van der Waals surface area contributed by atoms with Crippen molar-refractivity contribution >= 4 is 12.0 Å². The van der Waals surface area contributed by atoms with E-state index in [-0.39, 0.29) is 17.6 Å². The van der Waals surface area contributed by atoms with Gasteiger partial charge in [0.15, 0.2) is 0 Å². The Hall–Kier alpha value is -2.11. The van der Waals surface area contributed by atoms with E-state index in [0.717, 1.165) is 5.56 Å². The Morgan fingerprint density at radius 2 is 1.95 bits per heavy atom. The molecule has 1 aromatic carbocycles. The molecular formula is C14H17FN2O3. The van der Waals surface area contributed by atoms with Crippen molar-refractivity contribution in [2.24, 2.45) is 0 Å². The topological polar surface area (TPSA) is 78.4 Å². The first kappa shape index (κ1) is 14.3. The van der Waals surface area contributed by atoms with E-state index in [1.165, 1.54) is 12.1 Å². The molecule has 20 heavy (non-hydrogen) atoms. The molecule has 1 saturated carbocycles. The number of nitrogens with one attached hydrogen (secondary N) is 2. The summed E-state index contributed by atoms with van der Waals surface area (Å²) in [6.45, 7) is 0.303. The number of hydrogen-bond donors (Lipinski definition) is 3. The maximum Gasteiger partial charge on any atom is 0.335 e. The summed E-state index contributed by atoms with van der Waals surface area (Å²) in [5.74, 6) is -0.982. The van der Waals surface area contributed by atoms with Crippen molar-refractivity contribution in [3.05, 3.63) is 35.4 Å². The highest BCUT2D eigenvalue weighted by Gasteiger charge is 2.25. The zero-order valence-electron chi connectivity index (χ0n) is 10.9. The number of halogens is 1. The SMILES string of the molecule is O=C(NCc1ccc(C(=O)O)cc1)NC1CCC(F)C1. The van der Waals surface area contributed by atoms with E-state index in [4.69, 9.17) is 5.11 Å². The van der Waals surface area contributed by atoms with Crippen LogP contribution in [0.2, 0.25) is 0 Å². The van der Waals surface area contributed by atoms with Gasteiger partial charge in [-0.15, -0.1) is 0 Å². The molecule has 2 rings (SSSR count). The molecule has 2 amide bonds. The van der Waals surface area contributed by atoms with Crippen LogP contribution < -0.4 is 10.6 Å². The Kier molecular flexibility index (Phi) is 4.55. The average Bonchev–Trinajstić information content (AvgIpc) is 2.82. The normalized spacial score (nSPS) is 21.4. The minimum absolute atomic E-state index is 0.0978. The molecule has 0 spiro atoms. The van der Waals surface area contributed by atoms with Gasteiger partial charge in [-0.1, -0.05) is 12.1 Å². The highest BCUT2D eigenvalue weighted by Crippen LogP contribution is 2.21. The van der Waals surface area contributed by atoms with Gasteiger partial charge in [0.25, 0.3) is 0 Å². The number of carboxylic acid groups (broad SMARTS) is 1. The number of alkyl halides is 1. The minimum atomic E-state index is -0.982. The summed E-state index contributed by atoms with van der Waals surface area (Å²) in [5.41, 5.74) is 1.01. The number of rotatable bonds is 4. The number of urea groups is 1. The van der Waals surface area contributed by atoms with Crippen LogP contribution in [-0.4, -0.2) is 29.3 Å². The lowest BCUT2D eigenvalue weighted by Gasteiger charge is -2.13. The molecule has 0 aromatic heterocycles. The Labute approximate surface area is 116 Å². The van der Waals surface area contributed by atoms with Gasteiger partial charge in [0.1, 0.15) is 6.17 Å². The van der Waals surface area contributed by atoms with Crippen LogP contribution in [0.1, 0.15) is 35.2 Å². The number of carbonyl (C=O) groups excluding carboxylic acids is 1. The van der Waals surface area contributed by atoms with Crippen LogP contribution in [0.4, 0.5) is 9.18 Å². The second kappa shape index (κ2) is 6.36. The van der Waals surface area contributed by atoms with Crippen LogP contribution in [0.25, 0.3) is 0 Å². The van der Waals surface area contributed by atoms with E-state index in [1.807, 2.05) is 0 Å². The monoisotopic (exact) mass is 280 g/mol. The van der Waals surface area contributed by atoms with Crippen LogP contribution in [-0.2, 0) is 6.54 Å². The Morgan fingerprint density at radius 1 is 1.25 bits per heavy atom. The van der Waals surface area contributed by atoms with Crippen molar-refractivity contribution in [3.63, 3.8) is 0 Å². The summed E-state index contributed by atoms with van der Waals surface area (Å²) in [7, 11) is 0. The largest absolute Gasteiger partial charge is 0.478 e. The molecule has 0 radical (unpaired) electrons. The molecule has 1 fully saturated rings. The fourth-order valence-electron chi connectivity index (χ4n) is 2.24. The fourth-order valence-corrected chi connectivity index (χ4v) is 2.24. The molecule has 6 heteroatoms. The van der Waals surface area contributed by atoms with Gasteiger partial charge in [-0.25, -0.2) is 14.0 Å². The zero-order valence-corrected chi connectivity index (χ0v) is 10.9. The Bertz CT molecular complexity index is 490. The highest BCUT2D eigenvalue weighted by molar-refractivity contribution is 5.87. The summed E-state index contributed by atoms with van der Waals surface area (Å²) in [5, 5.41) is 14.2. The summed E-state index contributed by atoms with van der Waals surface area (Å²) in [6.07, 6.45) is 0.730. The highest BCUT2D eigenvalue weighted by atomic mass is 19.1. The number of hydrogen-bond acceptors (Lipinski definition) is 2. The Morgan fingerprint density at radius 3 is 2.50 bits per heavy atom. The number of benzene rings is 1. The van der Waals surface area contributed by atoms with Crippen LogP contribution in [0, 0.1) is 0 Å². The van der Waals surface area contributed by atoms with Crippen molar-refractivity contribution in [1.29, 1.82) is 0 Å². The van der Waals surface area contributed by atoms with Crippen LogP contribution in [0.3, 0.4) is 0 Å². The number of aromatic carboxylic acids is 1. The third kappa shape index (κ3) is 3.94. The first-order valence-corrected chi connectivity index (χ1v) is 6.55. The molecule has 1 aromatic rings. The molecule has 3 N–H and O–H groups in total. The summed E-state index contributed by atoms with van der Waals surface area (Å²) in [4.78, 5) is 22.3. The molecule has 2 atom stereocenters. The van der Waals surface area contributed by atoms with E-state index < -0.39 is 12.1 Å². The smallest absolute Gasteiger partial charge is 0.335 e. The lowest BCUT2D eigenvalue weighted by molar-refractivity contribution is 0.0697. The van der Waals surface area contributed by atoms with Crippen molar-refractivity contribution < 1.29 is 19.1 Å². The third-order valence-corrected chi connectivity index (χ3v) is 3.36. The molecule has 0 bridgehead atoms. The predicted molar refractivity (Wildman–Crippen MR) is 71.3 cm³/mol. The van der Waals surface area contributed by atoms with Gasteiger partial charge in [-0.2, -0.15) is 0 Å². The summed E-state index contributed by atoms with van der Waals surface area (Å²) in [6, 6.07) is 5.85. The number of carboxylic acids is 1. The molecule has 0 aliphatic heterocycles. The molecule has 2 unspecified atom stereocenters. The molecule has 5 nitrogen and oxygen atoms in total. The molecule has 0 heterocycles. The number of amides is 2. The van der Waals surface area contributed by atoms with Crippen LogP contribution in [0.15, 0.2) is 24.3 Å². The zero-order chi connectivity index (χ0) is 14.5. The molecule has 1 aliphatic carbocycles. The van der Waals surface area contributed by atoms with E-state index in [2.05, 4.69) is 10.6 Å². The van der Waals surface area contributed by atoms with Crippen LogP contribution >= 0.6 is 0 Å². The Balaban J connectivity index is 1.76. The number of carbonyl (C=O) groups is 2. The van der Waals surface area contributed by atoms with Crippen molar-refractivity contribution in [3.8, 4) is 0 Å². The predicted octanol–water partition coefficient (Wildman–Crippen LogP) is 2.07. The summed E-state index contributed by atoms with van der Waals surface area (Å²) < 4.78 is 13.0. The lowest BCUT2D eigenvalue weighted by Crippen LogP contribution is -2.40. The molecular weight excluding hydrogens is 263 g/mol.